The number of carbonyl (C=O) groups excluding carboxylic acids is 1. The first-order chi connectivity index (χ1) is 14.3. The van der Waals surface area contributed by atoms with Crippen LogP contribution in [0.3, 0.4) is 0 Å². The van der Waals surface area contributed by atoms with Gasteiger partial charge in [0.05, 0.1) is 11.8 Å². The molecule has 2 aromatic heterocycles. The molecule has 2 aliphatic rings. The topological polar surface area (TPSA) is 50.1 Å². The van der Waals surface area contributed by atoms with Gasteiger partial charge in [-0.05, 0) is 38.6 Å². The minimum absolute atomic E-state index is 0.119. The van der Waals surface area contributed by atoms with E-state index in [9.17, 15) is 4.79 Å². The van der Waals surface area contributed by atoms with Gasteiger partial charge in [0.1, 0.15) is 0 Å². The monoisotopic (exact) mass is 418 g/mol. The molecule has 1 amide bonds. The maximum Gasteiger partial charge on any atom is 0.274 e. The summed E-state index contributed by atoms with van der Waals surface area (Å²) < 4.78 is 8.14. The molecule has 0 saturated carbocycles. The highest BCUT2D eigenvalue weighted by Gasteiger charge is 2.28. The van der Waals surface area contributed by atoms with Crippen molar-refractivity contribution in [1.82, 2.24) is 19.2 Å². The third-order valence-corrected chi connectivity index (χ3v) is 6.86. The van der Waals surface area contributed by atoms with Gasteiger partial charge in [-0.2, -0.15) is 0 Å². The Kier molecular flexibility index (Phi) is 7.21. The lowest BCUT2D eigenvalue weighted by molar-refractivity contribution is -0.00264. The Hall–Kier alpha value is -1.44. The summed E-state index contributed by atoms with van der Waals surface area (Å²) in [5.74, 6) is 0.119. The van der Waals surface area contributed by atoms with E-state index in [1.807, 2.05) is 4.90 Å². The van der Waals surface area contributed by atoms with Crippen molar-refractivity contribution in [3.05, 3.63) is 23.0 Å². The van der Waals surface area contributed by atoms with Crippen LogP contribution in [-0.2, 0) is 11.3 Å². The molecule has 2 saturated heterocycles. The van der Waals surface area contributed by atoms with Crippen molar-refractivity contribution in [2.24, 2.45) is 0 Å². The summed E-state index contributed by atoms with van der Waals surface area (Å²) in [5.41, 5.74) is 1.71. The molecule has 2 aliphatic heterocycles. The van der Waals surface area contributed by atoms with Gasteiger partial charge in [-0.25, -0.2) is 4.98 Å². The summed E-state index contributed by atoms with van der Waals surface area (Å²) in [4.78, 5) is 23.6. The molecule has 4 heterocycles. The van der Waals surface area contributed by atoms with E-state index in [2.05, 4.69) is 27.8 Å². The van der Waals surface area contributed by atoms with Crippen LogP contribution in [0.15, 0.2) is 11.6 Å². The third-order valence-electron chi connectivity index (χ3n) is 6.10. The number of likely N-dealkylation sites (tertiary alicyclic amines) is 2. The van der Waals surface area contributed by atoms with Gasteiger partial charge < -0.3 is 9.64 Å². The van der Waals surface area contributed by atoms with E-state index in [-0.39, 0.29) is 5.91 Å². The molecule has 29 heavy (non-hydrogen) atoms. The van der Waals surface area contributed by atoms with Crippen LogP contribution in [0.2, 0.25) is 0 Å². The van der Waals surface area contributed by atoms with Gasteiger partial charge in [0, 0.05) is 44.4 Å². The zero-order chi connectivity index (χ0) is 20.1. The number of aromatic nitrogens is 2. The predicted octanol–water partition coefficient (Wildman–Crippen LogP) is 4.19. The van der Waals surface area contributed by atoms with Gasteiger partial charge in [0.15, 0.2) is 10.7 Å². The van der Waals surface area contributed by atoms with Gasteiger partial charge in [0.25, 0.3) is 5.91 Å². The highest BCUT2D eigenvalue weighted by Crippen LogP contribution is 2.24. The normalized spacial score (nSPS) is 22.0. The number of piperidine rings is 1. The predicted molar refractivity (Wildman–Crippen MR) is 117 cm³/mol. The van der Waals surface area contributed by atoms with Gasteiger partial charge in [-0.1, -0.05) is 26.2 Å². The fourth-order valence-electron chi connectivity index (χ4n) is 4.54. The molecule has 0 N–H and O–H groups in total. The Balaban J connectivity index is 1.52. The maximum atomic E-state index is 13.4. The molecule has 2 fully saturated rings. The van der Waals surface area contributed by atoms with Crippen molar-refractivity contribution in [2.45, 2.75) is 70.9 Å². The minimum atomic E-state index is 0.119. The Morgan fingerprint density at radius 1 is 1.17 bits per heavy atom. The third kappa shape index (κ3) is 5.01. The summed E-state index contributed by atoms with van der Waals surface area (Å²) in [6, 6.07) is 0. The number of imidazole rings is 1. The fourth-order valence-corrected chi connectivity index (χ4v) is 5.28. The van der Waals surface area contributed by atoms with Crippen LogP contribution < -0.4 is 0 Å². The van der Waals surface area contributed by atoms with Crippen molar-refractivity contribution >= 4 is 22.2 Å². The van der Waals surface area contributed by atoms with Crippen molar-refractivity contribution in [1.29, 1.82) is 0 Å². The van der Waals surface area contributed by atoms with Crippen molar-refractivity contribution in [3.63, 3.8) is 0 Å². The Labute approximate surface area is 177 Å². The first kappa shape index (κ1) is 20.8. The minimum Gasteiger partial charge on any atom is -0.377 e. The van der Waals surface area contributed by atoms with Gasteiger partial charge in [-0.15, -0.1) is 11.3 Å². The quantitative estimate of drug-likeness (QED) is 0.706. The molecule has 0 radical (unpaired) electrons. The average Bonchev–Trinajstić information content (AvgIpc) is 3.29. The second kappa shape index (κ2) is 10.0. The smallest absolute Gasteiger partial charge is 0.274 e. The lowest BCUT2D eigenvalue weighted by Crippen LogP contribution is -2.40. The SMILES string of the molecule is CCCO[C@H]1CCCN(Cc2c(C(=O)N3CCCCCCC3)nc3sccn23)C1. The van der Waals surface area contributed by atoms with Crippen LogP contribution in [0, 0.1) is 0 Å². The van der Waals surface area contributed by atoms with Crippen molar-refractivity contribution in [2.75, 3.05) is 32.8 Å². The van der Waals surface area contributed by atoms with Crippen LogP contribution in [0.4, 0.5) is 0 Å². The second-order valence-corrected chi connectivity index (χ2v) is 9.27. The number of hydrogen-bond donors (Lipinski definition) is 0. The number of rotatable bonds is 6. The summed E-state index contributed by atoms with van der Waals surface area (Å²) in [6.07, 6.45) is 11.7. The molecule has 2 aromatic rings. The fraction of sp³-hybridized carbons (Fsp3) is 0.727. The van der Waals surface area contributed by atoms with Crippen molar-refractivity contribution < 1.29 is 9.53 Å². The zero-order valence-electron chi connectivity index (χ0n) is 17.6. The van der Waals surface area contributed by atoms with E-state index < -0.39 is 0 Å². The molecular formula is C22H34N4O2S. The van der Waals surface area contributed by atoms with E-state index in [1.54, 1.807) is 11.3 Å². The molecule has 0 aliphatic carbocycles. The molecule has 0 unspecified atom stereocenters. The van der Waals surface area contributed by atoms with E-state index >= 15 is 0 Å². The number of amides is 1. The summed E-state index contributed by atoms with van der Waals surface area (Å²) in [7, 11) is 0. The van der Waals surface area contributed by atoms with Crippen LogP contribution in [0.1, 0.15) is 74.5 Å². The number of hydrogen-bond acceptors (Lipinski definition) is 5. The maximum absolute atomic E-state index is 13.4. The molecule has 0 aromatic carbocycles. The Morgan fingerprint density at radius 2 is 1.97 bits per heavy atom. The van der Waals surface area contributed by atoms with Crippen LogP contribution in [0.5, 0.6) is 0 Å². The molecule has 4 rings (SSSR count). The molecule has 0 bridgehead atoms. The molecule has 7 heteroatoms. The average molecular weight is 419 g/mol. The standard InChI is InChI=1S/C22H34N4O2S/c1-2-14-28-18-9-8-10-24(16-18)17-19-20(23-22-26(19)13-15-29-22)21(27)25-11-6-4-3-5-7-12-25/h13,15,18H,2-12,14,16-17H2,1H3/t18-/m0/s1. The molecule has 160 valence electrons. The zero-order valence-corrected chi connectivity index (χ0v) is 18.5. The highest BCUT2D eigenvalue weighted by atomic mass is 32.1. The number of fused-ring (bicyclic) bond motifs is 1. The molecule has 0 spiro atoms. The second-order valence-electron chi connectivity index (χ2n) is 8.39. The van der Waals surface area contributed by atoms with Gasteiger partial charge >= 0.3 is 0 Å². The Bertz CT molecular complexity index is 794. The number of thiazole rings is 1. The van der Waals surface area contributed by atoms with Crippen LogP contribution in [0.25, 0.3) is 4.96 Å². The first-order valence-corrected chi connectivity index (χ1v) is 12.2. The number of ether oxygens (including phenoxy) is 1. The molecular weight excluding hydrogens is 384 g/mol. The number of nitrogens with zero attached hydrogens (tertiary/aromatic N) is 4. The highest BCUT2D eigenvalue weighted by molar-refractivity contribution is 7.15. The Morgan fingerprint density at radius 3 is 2.76 bits per heavy atom. The lowest BCUT2D eigenvalue weighted by atomic mass is 10.1. The van der Waals surface area contributed by atoms with Gasteiger partial charge in [0.2, 0.25) is 0 Å². The summed E-state index contributed by atoms with van der Waals surface area (Å²) >= 11 is 1.61. The van der Waals surface area contributed by atoms with E-state index in [0.717, 1.165) is 82.1 Å². The summed E-state index contributed by atoms with van der Waals surface area (Å²) in [5, 5.41) is 2.06. The van der Waals surface area contributed by atoms with Crippen LogP contribution >= 0.6 is 11.3 Å². The van der Waals surface area contributed by atoms with E-state index in [0.29, 0.717) is 11.8 Å². The van der Waals surface area contributed by atoms with Gasteiger partial charge in [-0.3, -0.25) is 14.1 Å². The first-order valence-electron chi connectivity index (χ1n) is 11.3. The molecule has 6 nitrogen and oxygen atoms in total. The van der Waals surface area contributed by atoms with E-state index in [1.165, 1.54) is 19.3 Å². The van der Waals surface area contributed by atoms with Crippen molar-refractivity contribution in [3.8, 4) is 0 Å². The lowest BCUT2D eigenvalue weighted by Gasteiger charge is -2.32. The largest absolute Gasteiger partial charge is 0.377 e. The molecule has 1 atom stereocenters. The number of carbonyl (C=O) groups is 1. The summed E-state index contributed by atoms with van der Waals surface area (Å²) in [6.45, 7) is 7.47. The van der Waals surface area contributed by atoms with E-state index in [4.69, 9.17) is 9.72 Å². The van der Waals surface area contributed by atoms with Crippen LogP contribution in [-0.4, -0.2) is 64.0 Å².